The molecule has 2 aromatic carbocycles. The second-order valence-electron chi connectivity index (χ2n) is 5.55. The lowest BCUT2D eigenvalue weighted by molar-refractivity contribution is -0.114. The zero-order valence-corrected chi connectivity index (χ0v) is 16.1. The summed E-state index contributed by atoms with van der Waals surface area (Å²) in [4.78, 5) is 23.3. The Morgan fingerprint density at radius 2 is 1.85 bits per heavy atom. The molecule has 0 aliphatic heterocycles. The summed E-state index contributed by atoms with van der Waals surface area (Å²) in [5.74, 6) is 0.462. The van der Waals surface area contributed by atoms with Crippen LogP contribution in [0.2, 0.25) is 5.02 Å². The van der Waals surface area contributed by atoms with Crippen LogP contribution in [0, 0.1) is 0 Å². The largest absolute Gasteiger partial charge is 0.493 e. The third-order valence-corrected chi connectivity index (χ3v) is 3.70. The van der Waals surface area contributed by atoms with Crippen molar-refractivity contribution in [3.63, 3.8) is 0 Å². The van der Waals surface area contributed by atoms with E-state index in [1.54, 1.807) is 42.5 Å². The van der Waals surface area contributed by atoms with Crippen LogP contribution in [0.5, 0.6) is 11.5 Å². The van der Waals surface area contributed by atoms with Crippen molar-refractivity contribution in [3.05, 3.63) is 53.1 Å². The lowest BCUT2D eigenvalue weighted by Gasteiger charge is -2.11. The lowest BCUT2D eigenvalue weighted by Crippen LogP contribution is -2.09. The molecule has 0 aromatic heterocycles. The predicted molar refractivity (Wildman–Crippen MR) is 108 cm³/mol. The van der Waals surface area contributed by atoms with Gasteiger partial charge in [-0.2, -0.15) is 0 Å². The molecule has 2 N–H and O–H groups in total. The van der Waals surface area contributed by atoms with Gasteiger partial charge in [-0.05, 0) is 48.9 Å². The van der Waals surface area contributed by atoms with Gasteiger partial charge in [-0.3, -0.25) is 9.59 Å². The number of hydrogen-bond donors (Lipinski definition) is 2. The van der Waals surface area contributed by atoms with Gasteiger partial charge in [0.15, 0.2) is 11.5 Å². The molecule has 0 aliphatic rings. The number of nitrogens with one attached hydrogen (secondary N) is 2. The molecular formula is C20H21ClN2O4. The predicted octanol–water partition coefficient (Wildman–Crippen LogP) is 4.36. The number of methoxy groups -OCH3 is 1. The average Bonchev–Trinajstić information content (AvgIpc) is 2.61. The molecule has 0 bridgehead atoms. The maximum Gasteiger partial charge on any atom is 0.248 e. The van der Waals surface area contributed by atoms with Crippen molar-refractivity contribution >= 4 is 40.9 Å². The first-order chi connectivity index (χ1) is 12.9. The van der Waals surface area contributed by atoms with Crippen molar-refractivity contribution in [3.8, 4) is 11.5 Å². The molecule has 2 aromatic rings. The second kappa shape index (κ2) is 9.64. The molecule has 0 aliphatic carbocycles. The fourth-order valence-electron chi connectivity index (χ4n) is 2.35. The number of benzene rings is 2. The number of anilines is 2. The molecule has 2 rings (SSSR count). The van der Waals surface area contributed by atoms with Crippen LogP contribution in [0.1, 0.15) is 19.4 Å². The summed E-state index contributed by atoms with van der Waals surface area (Å²) in [5.41, 5.74) is 1.87. The van der Waals surface area contributed by atoms with Gasteiger partial charge in [0.05, 0.1) is 18.7 Å². The summed E-state index contributed by atoms with van der Waals surface area (Å²) < 4.78 is 10.8. The highest BCUT2D eigenvalue weighted by atomic mass is 35.5. The van der Waals surface area contributed by atoms with E-state index >= 15 is 0 Å². The Bertz CT molecular complexity index is 865. The first kappa shape index (κ1) is 20.3. The summed E-state index contributed by atoms with van der Waals surface area (Å²) >= 11 is 6.22. The Balaban J connectivity index is 2.10. The topological polar surface area (TPSA) is 76.7 Å². The molecule has 0 spiro atoms. The minimum Gasteiger partial charge on any atom is -0.493 e. The van der Waals surface area contributed by atoms with Crippen molar-refractivity contribution < 1.29 is 19.1 Å². The minimum atomic E-state index is -0.320. The fraction of sp³-hybridized carbons (Fsp3) is 0.200. The molecular weight excluding hydrogens is 368 g/mol. The summed E-state index contributed by atoms with van der Waals surface area (Å²) in [5, 5.41) is 5.80. The Hall–Kier alpha value is -2.99. The maximum atomic E-state index is 12.2. The first-order valence-corrected chi connectivity index (χ1v) is 8.67. The van der Waals surface area contributed by atoms with Crippen LogP contribution in [0.15, 0.2) is 42.5 Å². The smallest absolute Gasteiger partial charge is 0.248 e. The van der Waals surface area contributed by atoms with Gasteiger partial charge < -0.3 is 20.1 Å². The van der Waals surface area contributed by atoms with Crippen LogP contribution in [-0.4, -0.2) is 25.5 Å². The highest BCUT2D eigenvalue weighted by Crippen LogP contribution is 2.36. The molecule has 0 radical (unpaired) electrons. The van der Waals surface area contributed by atoms with E-state index < -0.39 is 0 Å². The number of carbonyl (C=O) groups is 2. The standard InChI is InChI=1S/C20H21ClN2O4/c1-4-27-20-17(21)10-14(11-18(20)26-3)8-9-19(25)23-16-7-5-6-15(12-16)22-13(2)24/h5-12H,4H2,1-3H3,(H,22,24)(H,23,25)/b9-8+. The van der Waals surface area contributed by atoms with E-state index in [2.05, 4.69) is 10.6 Å². The third kappa shape index (κ3) is 6.04. The molecule has 0 saturated heterocycles. The minimum absolute atomic E-state index is 0.181. The number of ether oxygens (including phenoxy) is 2. The zero-order valence-electron chi connectivity index (χ0n) is 15.3. The Morgan fingerprint density at radius 1 is 1.15 bits per heavy atom. The van der Waals surface area contributed by atoms with Crippen LogP contribution < -0.4 is 20.1 Å². The van der Waals surface area contributed by atoms with Gasteiger partial charge in [0.2, 0.25) is 11.8 Å². The van der Waals surface area contributed by atoms with Crippen LogP contribution in [0.4, 0.5) is 11.4 Å². The molecule has 6 nitrogen and oxygen atoms in total. The van der Waals surface area contributed by atoms with E-state index in [1.165, 1.54) is 20.1 Å². The van der Waals surface area contributed by atoms with E-state index in [4.69, 9.17) is 21.1 Å². The van der Waals surface area contributed by atoms with Gasteiger partial charge in [0.25, 0.3) is 0 Å². The van der Waals surface area contributed by atoms with Crippen LogP contribution in [-0.2, 0) is 9.59 Å². The monoisotopic (exact) mass is 388 g/mol. The van der Waals surface area contributed by atoms with Gasteiger partial charge in [-0.25, -0.2) is 0 Å². The average molecular weight is 389 g/mol. The second-order valence-corrected chi connectivity index (χ2v) is 5.96. The molecule has 2 amide bonds. The van der Waals surface area contributed by atoms with Crippen molar-refractivity contribution in [2.24, 2.45) is 0 Å². The summed E-state index contributed by atoms with van der Waals surface area (Å²) in [6, 6.07) is 10.3. The molecule has 27 heavy (non-hydrogen) atoms. The van der Waals surface area contributed by atoms with Gasteiger partial charge in [0, 0.05) is 24.4 Å². The number of amides is 2. The van der Waals surface area contributed by atoms with Gasteiger partial charge in [-0.1, -0.05) is 17.7 Å². The Morgan fingerprint density at radius 3 is 2.48 bits per heavy atom. The third-order valence-electron chi connectivity index (χ3n) is 3.42. The lowest BCUT2D eigenvalue weighted by atomic mass is 10.2. The van der Waals surface area contributed by atoms with Crippen molar-refractivity contribution in [1.29, 1.82) is 0 Å². The van der Waals surface area contributed by atoms with E-state index in [-0.39, 0.29) is 11.8 Å². The number of halogens is 1. The molecule has 142 valence electrons. The first-order valence-electron chi connectivity index (χ1n) is 8.30. The highest BCUT2D eigenvalue weighted by molar-refractivity contribution is 6.32. The van der Waals surface area contributed by atoms with Crippen LogP contribution >= 0.6 is 11.6 Å². The quantitative estimate of drug-likeness (QED) is 0.691. The maximum absolute atomic E-state index is 12.2. The Kier molecular flexibility index (Phi) is 7.25. The van der Waals surface area contributed by atoms with E-state index in [1.807, 2.05) is 6.92 Å². The number of hydrogen-bond acceptors (Lipinski definition) is 4. The summed E-state index contributed by atoms with van der Waals surface area (Å²) in [6.07, 6.45) is 3.01. The molecule has 0 unspecified atom stereocenters. The van der Waals surface area contributed by atoms with E-state index in [0.717, 1.165) is 0 Å². The molecule has 0 fully saturated rings. The fourth-order valence-corrected chi connectivity index (χ4v) is 2.63. The summed E-state index contributed by atoms with van der Waals surface area (Å²) in [7, 11) is 1.52. The van der Waals surface area contributed by atoms with Gasteiger partial charge in [-0.15, -0.1) is 0 Å². The molecule has 7 heteroatoms. The van der Waals surface area contributed by atoms with Crippen LogP contribution in [0.3, 0.4) is 0 Å². The summed E-state index contributed by atoms with van der Waals surface area (Å²) in [6.45, 7) is 3.74. The zero-order chi connectivity index (χ0) is 19.8. The number of carbonyl (C=O) groups excluding carboxylic acids is 2. The van der Waals surface area contributed by atoms with Crippen LogP contribution in [0.25, 0.3) is 6.08 Å². The SMILES string of the molecule is CCOc1c(Cl)cc(/C=C/C(=O)Nc2cccc(NC(C)=O)c2)cc1OC. The molecule has 0 saturated carbocycles. The van der Waals surface area contributed by atoms with Crippen molar-refractivity contribution in [2.75, 3.05) is 24.4 Å². The van der Waals surface area contributed by atoms with Crippen molar-refractivity contribution in [1.82, 2.24) is 0 Å². The Labute approximate surface area is 163 Å². The highest BCUT2D eigenvalue weighted by Gasteiger charge is 2.10. The number of rotatable bonds is 7. The van der Waals surface area contributed by atoms with Gasteiger partial charge >= 0.3 is 0 Å². The normalized spacial score (nSPS) is 10.5. The molecule has 0 atom stereocenters. The van der Waals surface area contributed by atoms with Crippen molar-refractivity contribution in [2.45, 2.75) is 13.8 Å². The van der Waals surface area contributed by atoms with E-state index in [0.29, 0.717) is 40.1 Å². The molecule has 0 heterocycles. The van der Waals surface area contributed by atoms with E-state index in [9.17, 15) is 9.59 Å². The van der Waals surface area contributed by atoms with Gasteiger partial charge in [0.1, 0.15) is 0 Å².